The van der Waals surface area contributed by atoms with Crippen molar-refractivity contribution in [2.45, 2.75) is 32.3 Å². The van der Waals surface area contributed by atoms with Crippen molar-refractivity contribution in [1.29, 1.82) is 0 Å². The Balaban J connectivity index is 2.25. The van der Waals surface area contributed by atoms with Gasteiger partial charge < -0.3 is 0 Å². The molecule has 0 saturated carbocycles. The summed E-state index contributed by atoms with van der Waals surface area (Å²) < 4.78 is 0. The molecule has 1 aliphatic carbocycles. The molecule has 1 N–H and O–H groups in total. The molecule has 0 bridgehead atoms. The molecule has 0 amide bonds. The number of aliphatic hydroxyl groups is 1. The van der Waals surface area contributed by atoms with E-state index in [4.69, 9.17) is 0 Å². The van der Waals surface area contributed by atoms with E-state index in [1.807, 2.05) is 31.2 Å². The summed E-state index contributed by atoms with van der Waals surface area (Å²) in [6, 6.07) is 0. The summed E-state index contributed by atoms with van der Waals surface area (Å²) in [5, 5.41) is 9.72. The molecule has 90 valence electrons. The van der Waals surface area contributed by atoms with Crippen LogP contribution in [-0.4, -0.2) is 30.4 Å². The fourth-order valence-electron chi connectivity index (χ4n) is 1.80. The number of aliphatic hydroxyl groups excluding tert-OH is 1. The van der Waals surface area contributed by atoms with Gasteiger partial charge in [0.1, 0.15) is 0 Å². The van der Waals surface area contributed by atoms with Crippen molar-refractivity contribution >= 4 is 19.2 Å². The summed E-state index contributed by atoms with van der Waals surface area (Å²) in [6.07, 6.45) is 14.1. The monoisotopic (exact) mass is 229 g/mol. The Kier molecular flexibility index (Phi) is 6.49. The van der Waals surface area contributed by atoms with E-state index in [1.54, 1.807) is 12.2 Å². The summed E-state index contributed by atoms with van der Waals surface area (Å²) >= 11 is 0. The molecule has 0 heterocycles. The Morgan fingerprint density at radius 2 is 2.18 bits per heavy atom. The summed E-state index contributed by atoms with van der Waals surface area (Å²) in [6.45, 7) is 2.03. The van der Waals surface area contributed by atoms with Crippen molar-refractivity contribution in [3.8, 4) is 0 Å². The van der Waals surface area contributed by atoms with Crippen LogP contribution in [-0.2, 0) is 0 Å². The standard InChI is InChI=1S/C14H20BNO/c1-12(16-11-5-10-15)6-4-8-13-7-2-3-9-14(13)17/h2-3,5,7,9-11,13-15,17H,4,6,8H2,1H3/b11-5-,16-12-/t13-,14-/m1/s1. The van der Waals surface area contributed by atoms with Gasteiger partial charge >= 0.3 is 104 Å². The van der Waals surface area contributed by atoms with Crippen molar-refractivity contribution in [2.75, 3.05) is 0 Å². The first-order valence-corrected chi connectivity index (χ1v) is 6.08. The second-order valence-corrected chi connectivity index (χ2v) is 4.26. The Morgan fingerprint density at radius 3 is 2.88 bits per heavy atom. The first-order valence-electron chi connectivity index (χ1n) is 6.08. The molecular weight excluding hydrogens is 209 g/mol. The minimum atomic E-state index is -0.321. The number of aliphatic imine (C=N–C) groups is 1. The third-order valence-corrected chi connectivity index (χ3v) is 2.81. The van der Waals surface area contributed by atoms with E-state index in [1.165, 1.54) is 0 Å². The van der Waals surface area contributed by atoms with Gasteiger partial charge in [-0.25, -0.2) is 0 Å². The van der Waals surface area contributed by atoms with Gasteiger partial charge in [-0.05, 0) is 0 Å². The minimum absolute atomic E-state index is 0.261. The van der Waals surface area contributed by atoms with E-state index >= 15 is 0 Å². The normalized spacial score (nSPS) is 24.4. The SMILES string of the molecule is B=C/C=C\N=C(\C)CCC[C@H]1C=CC=C[C@H]1O. The Hall–Kier alpha value is -1.22. The molecule has 17 heavy (non-hydrogen) atoms. The predicted octanol–water partition coefficient (Wildman–Crippen LogP) is 1.94. The predicted molar refractivity (Wildman–Crippen MR) is 77.1 cm³/mol. The van der Waals surface area contributed by atoms with Crippen LogP contribution in [0.4, 0.5) is 0 Å². The zero-order valence-corrected chi connectivity index (χ0v) is 10.4. The second kappa shape index (κ2) is 7.96. The van der Waals surface area contributed by atoms with E-state index in [-0.39, 0.29) is 12.0 Å². The van der Waals surface area contributed by atoms with Crippen molar-refractivity contribution in [3.63, 3.8) is 0 Å². The zero-order valence-electron chi connectivity index (χ0n) is 10.4. The Bertz CT molecular complexity index is 355. The Labute approximate surface area is 105 Å². The van der Waals surface area contributed by atoms with E-state index in [0.717, 1.165) is 25.0 Å². The van der Waals surface area contributed by atoms with E-state index in [2.05, 4.69) is 18.6 Å². The molecule has 1 rings (SSSR count). The first-order chi connectivity index (χ1) is 8.24. The second-order valence-electron chi connectivity index (χ2n) is 4.26. The van der Waals surface area contributed by atoms with Gasteiger partial charge in [0.15, 0.2) is 0 Å². The number of hydrogen-bond donors (Lipinski definition) is 1. The molecule has 0 radical (unpaired) electrons. The number of rotatable bonds is 6. The topological polar surface area (TPSA) is 32.6 Å². The van der Waals surface area contributed by atoms with Crippen LogP contribution in [0.15, 0.2) is 41.6 Å². The molecule has 2 nitrogen and oxygen atoms in total. The van der Waals surface area contributed by atoms with Crippen molar-refractivity contribution in [3.05, 3.63) is 36.6 Å². The van der Waals surface area contributed by atoms with Crippen LogP contribution in [0.5, 0.6) is 0 Å². The molecule has 0 aromatic rings. The fraction of sp³-hybridized carbons (Fsp3) is 0.429. The molecule has 0 aromatic heterocycles. The van der Waals surface area contributed by atoms with Gasteiger partial charge in [0.2, 0.25) is 0 Å². The quantitative estimate of drug-likeness (QED) is 0.547. The van der Waals surface area contributed by atoms with Gasteiger partial charge in [-0.2, -0.15) is 0 Å². The molecule has 0 aromatic carbocycles. The van der Waals surface area contributed by atoms with Crippen molar-refractivity contribution in [2.24, 2.45) is 10.9 Å². The van der Waals surface area contributed by atoms with Crippen LogP contribution < -0.4 is 0 Å². The zero-order chi connectivity index (χ0) is 12.5. The van der Waals surface area contributed by atoms with Gasteiger partial charge in [-0.1, -0.05) is 0 Å². The summed E-state index contributed by atoms with van der Waals surface area (Å²) in [5.74, 6) is 1.98. The third-order valence-electron chi connectivity index (χ3n) is 2.81. The average molecular weight is 229 g/mol. The van der Waals surface area contributed by atoms with Gasteiger partial charge in [0.25, 0.3) is 0 Å². The molecule has 0 spiro atoms. The van der Waals surface area contributed by atoms with Gasteiger partial charge in [-0.3, -0.25) is 0 Å². The third kappa shape index (κ3) is 5.59. The summed E-state index contributed by atoms with van der Waals surface area (Å²) in [4.78, 5) is 4.29. The maximum atomic E-state index is 9.72. The maximum absolute atomic E-state index is 9.72. The van der Waals surface area contributed by atoms with Crippen molar-refractivity contribution < 1.29 is 5.11 Å². The molecule has 2 atom stereocenters. The summed E-state index contributed by atoms with van der Waals surface area (Å²) in [5.41, 5.74) is 1.12. The number of allylic oxidation sites excluding steroid dienone is 3. The van der Waals surface area contributed by atoms with Gasteiger partial charge in [-0.15, -0.1) is 0 Å². The van der Waals surface area contributed by atoms with Crippen LogP contribution in [0, 0.1) is 5.92 Å². The average Bonchev–Trinajstić information content (AvgIpc) is 2.32. The first kappa shape index (κ1) is 13.8. The van der Waals surface area contributed by atoms with Crippen LogP contribution in [0.2, 0.25) is 0 Å². The van der Waals surface area contributed by atoms with E-state index in [9.17, 15) is 5.11 Å². The molecule has 0 unspecified atom stereocenters. The van der Waals surface area contributed by atoms with Crippen LogP contribution in [0.1, 0.15) is 26.2 Å². The van der Waals surface area contributed by atoms with Crippen molar-refractivity contribution in [1.82, 2.24) is 0 Å². The fourth-order valence-corrected chi connectivity index (χ4v) is 1.80. The van der Waals surface area contributed by atoms with Crippen LogP contribution >= 0.6 is 0 Å². The molecular formula is C14H20BNO. The molecule has 1 aliphatic rings. The van der Waals surface area contributed by atoms with Crippen LogP contribution in [0.3, 0.4) is 0 Å². The molecule has 3 heteroatoms. The van der Waals surface area contributed by atoms with Gasteiger partial charge in [0.05, 0.1) is 0 Å². The van der Waals surface area contributed by atoms with Gasteiger partial charge in [0, 0.05) is 0 Å². The molecule has 0 aliphatic heterocycles. The molecule has 0 saturated heterocycles. The Morgan fingerprint density at radius 1 is 1.41 bits per heavy atom. The van der Waals surface area contributed by atoms with Crippen LogP contribution in [0.25, 0.3) is 0 Å². The number of hydrogen-bond acceptors (Lipinski definition) is 2. The molecule has 0 fully saturated rings. The summed E-state index contributed by atoms with van der Waals surface area (Å²) in [7, 11) is 3.59. The van der Waals surface area contributed by atoms with E-state index < -0.39 is 0 Å². The number of nitrogens with zero attached hydrogens (tertiary/aromatic N) is 1. The van der Waals surface area contributed by atoms with E-state index in [0.29, 0.717) is 0 Å².